The van der Waals surface area contributed by atoms with Crippen molar-refractivity contribution in [2.45, 2.75) is 6.43 Å². The van der Waals surface area contributed by atoms with Crippen LogP contribution < -0.4 is 4.74 Å². The molecule has 2 nitrogen and oxygen atoms in total. The first kappa shape index (κ1) is 11.3. The predicted molar refractivity (Wildman–Crippen MR) is 61.0 cm³/mol. The van der Waals surface area contributed by atoms with E-state index in [0.29, 0.717) is 15.7 Å². The molecule has 0 fully saturated rings. The smallest absolute Gasteiger partial charge is 0.280 e. The van der Waals surface area contributed by atoms with Gasteiger partial charge in [-0.25, -0.2) is 13.8 Å². The lowest BCUT2D eigenvalue weighted by Crippen LogP contribution is -1.94. The molecule has 2 rings (SSSR count). The van der Waals surface area contributed by atoms with Gasteiger partial charge in [-0.15, -0.1) is 0 Å². The van der Waals surface area contributed by atoms with Gasteiger partial charge in [-0.2, -0.15) is 0 Å². The van der Waals surface area contributed by atoms with Crippen molar-refractivity contribution < 1.29 is 13.5 Å². The van der Waals surface area contributed by atoms with Gasteiger partial charge in [-0.05, 0) is 12.1 Å². The number of pyridine rings is 1. The van der Waals surface area contributed by atoms with Crippen molar-refractivity contribution in [3.63, 3.8) is 0 Å². The molecular weight excluding hydrogens is 280 g/mol. The van der Waals surface area contributed by atoms with E-state index >= 15 is 0 Å². The Morgan fingerprint density at radius 1 is 1.38 bits per heavy atom. The topological polar surface area (TPSA) is 22.1 Å². The van der Waals surface area contributed by atoms with E-state index in [2.05, 4.69) is 20.9 Å². The third-order valence-electron chi connectivity index (χ3n) is 2.22. The van der Waals surface area contributed by atoms with Gasteiger partial charge in [-0.3, -0.25) is 0 Å². The molecule has 0 aliphatic carbocycles. The number of benzene rings is 1. The summed E-state index contributed by atoms with van der Waals surface area (Å²) in [4.78, 5) is 3.90. The second-order valence-electron chi connectivity index (χ2n) is 3.19. The first-order chi connectivity index (χ1) is 7.63. The molecule has 0 aliphatic heterocycles. The predicted octanol–water partition coefficient (Wildman–Crippen LogP) is 3.94. The summed E-state index contributed by atoms with van der Waals surface area (Å²) < 4.78 is 30.9. The van der Waals surface area contributed by atoms with Gasteiger partial charge in [0, 0.05) is 9.86 Å². The Morgan fingerprint density at radius 2 is 2.12 bits per heavy atom. The third kappa shape index (κ3) is 1.87. The molecule has 5 heteroatoms. The lowest BCUT2D eigenvalue weighted by atomic mass is 10.2. The second kappa shape index (κ2) is 4.33. The quantitative estimate of drug-likeness (QED) is 0.835. The average molecular weight is 288 g/mol. The first-order valence-electron chi connectivity index (χ1n) is 4.55. The van der Waals surface area contributed by atoms with E-state index in [0.717, 1.165) is 5.39 Å². The van der Waals surface area contributed by atoms with Crippen molar-refractivity contribution in [2.24, 2.45) is 0 Å². The molecule has 0 amide bonds. The zero-order valence-electron chi connectivity index (χ0n) is 8.38. The van der Waals surface area contributed by atoms with Crippen molar-refractivity contribution in [2.75, 3.05) is 7.11 Å². The molecule has 0 atom stereocenters. The molecule has 2 aromatic rings. The van der Waals surface area contributed by atoms with Crippen LogP contribution in [0.2, 0.25) is 0 Å². The van der Waals surface area contributed by atoms with E-state index in [1.807, 2.05) is 0 Å². The fraction of sp³-hybridized carbons (Fsp3) is 0.182. The average Bonchev–Trinajstić information content (AvgIpc) is 2.28. The van der Waals surface area contributed by atoms with Crippen molar-refractivity contribution in [1.29, 1.82) is 0 Å². The Labute approximate surface area is 99.4 Å². The summed E-state index contributed by atoms with van der Waals surface area (Å²) >= 11 is 3.25. The largest absolute Gasteiger partial charge is 0.494 e. The van der Waals surface area contributed by atoms with E-state index < -0.39 is 6.43 Å². The van der Waals surface area contributed by atoms with Crippen LogP contribution in [-0.2, 0) is 0 Å². The minimum absolute atomic E-state index is 0.260. The van der Waals surface area contributed by atoms with Gasteiger partial charge in [0.1, 0.15) is 17.0 Å². The molecule has 0 spiro atoms. The highest BCUT2D eigenvalue weighted by Crippen LogP contribution is 2.32. The molecule has 16 heavy (non-hydrogen) atoms. The van der Waals surface area contributed by atoms with Crippen molar-refractivity contribution in [3.05, 3.63) is 34.4 Å². The van der Waals surface area contributed by atoms with Crippen molar-refractivity contribution in [1.82, 2.24) is 4.98 Å². The van der Waals surface area contributed by atoms with Crippen molar-refractivity contribution >= 4 is 26.8 Å². The number of nitrogens with zero attached hydrogens (tertiary/aromatic N) is 1. The van der Waals surface area contributed by atoms with Crippen LogP contribution in [-0.4, -0.2) is 12.1 Å². The zero-order chi connectivity index (χ0) is 11.7. The van der Waals surface area contributed by atoms with Crippen LogP contribution in [0.5, 0.6) is 5.75 Å². The summed E-state index contributed by atoms with van der Waals surface area (Å²) in [5.41, 5.74) is 0.179. The molecule has 0 unspecified atom stereocenters. The fourth-order valence-corrected chi connectivity index (χ4v) is 2.03. The molecule has 0 saturated carbocycles. The second-order valence-corrected chi connectivity index (χ2v) is 4.04. The molecule has 1 heterocycles. The Hall–Kier alpha value is -1.23. The molecule has 1 aromatic heterocycles. The van der Waals surface area contributed by atoms with Crippen LogP contribution in [0.3, 0.4) is 0 Å². The van der Waals surface area contributed by atoms with E-state index in [4.69, 9.17) is 4.74 Å². The normalized spacial score (nSPS) is 11.1. The number of hydrogen-bond acceptors (Lipinski definition) is 2. The summed E-state index contributed by atoms with van der Waals surface area (Å²) in [6.45, 7) is 0. The Kier molecular flexibility index (Phi) is 3.05. The van der Waals surface area contributed by atoms with Crippen LogP contribution in [0, 0.1) is 0 Å². The molecule has 1 aromatic carbocycles. The summed E-state index contributed by atoms with van der Waals surface area (Å²) in [5.74, 6) is 0.487. The van der Waals surface area contributed by atoms with Crippen LogP contribution in [0.4, 0.5) is 8.78 Å². The van der Waals surface area contributed by atoms with E-state index in [1.54, 1.807) is 18.2 Å². The summed E-state index contributed by atoms with van der Waals surface area (Å²) in [6, 6.07) is 6.60. The van der Waals surface area contributed by atoms with Gasteiger partial charge in [0.25, 0.3) is 6.43 Å². The number of aromatic nitrogens is 1. The molecule has 0 bridgehead atoms. The third-order valence-corrected chi connectivity index (χ3v) is 2.87. The number of halogens is 3. The first-order valence-corrected chi connectivity index (χ1v) is 5.34. The highest BCUT2D eigenvalue weighted by atomic mass is 79.9. The molecule has 84 valence electrons. The van der Waals surface area contributed by atoms with Crippen molar-refractivity contribution in [3.8, 4) is 5.75 Å². The molecule has 0 aliphatic rings. The number of para-hydroxylation sites is 1. The number of hydrogen-bond donors (Lipinski definition) is 0. The number of methoxy groups -OCH3 is 1. The van der Waals surface area contributed by atoms with Crippen LogP contribution in [0.25, 0.3) is 10.9 Å². The SMILES string of the molecule is COc1cccc2c(Br)cc(C(F)F)nc12. The van der Waals surface area contributed by atoms with Gasteiger partial charge in [0.2, 0.25) is 0 Å². The van der Waals surface area contributed by atoms with Gasteiger partial charge in [0.15, 0.2) is 0 Å². The highest BCUT2D eigenvalue weighted by Gasteiger charge is 2.14. The number of fused-ring (bicyclic) bond motifs is 1. The Balaban J connectivity index is 2.77. The molecule has 0 saturated heterocycles. The molecule has 0 radical (unpaired) electrons. The van der Waals surface area contributed by atoms with Gasteiger partial charge in [0.05, 0.1) is 7.11 Å². The van der Waals surface area contributed by atoms with Gasteiger partial charge < -0.3 is 4.74 Å². The number of ether oxygens (including phenoxy) is 1. The van der Waals surface area contributed by atoms with E-state index in [9.17, 15) is 8.78 Å². The van der Waals surface area contributed by atoms with Gasteiger partial charge >= 0.3 is 0 Å². The fourth-order valence-electron chi connectivity index (χ4n) is 1.48. The van der Waals surface area contributed by atoms with Crippen LogP contribution >= 0.6 is 15.9 Å². The highest BCUT2D eigenvalue weighted by molar-refractivity contribution is 9.10. The van der Waals surface area contributed by atoms with Crippen LogP contribution in [0.15, 0.2) is 28.7 Å². The van der Waals surface area contributed by atoms with E-state index in [1.165, 1.54) is 13.2 Å². The Bertz CT molecular complexity index is 531. The lowest BCUT2D eigenvalue weighted by molar-refractivity contribution is 0.146. The standard InChI is InChI=1S/C11H8BrF2NO/c1-16-9-4-2-3-6-7(12)5-8(11(13)14)15-10(6)9/h2-5,11H,1H3. The number of alkyl halides is 2. The monoisotopic (exact) mass is 287 g/mol. The van der Waals surface area contributed by atoms with E-state index in [-0.39, 0.29) is 5.69 Å². The minimum Gasteiger partial charge on any atom is -0.494 e. The molecule has 0 N–H and O–H groups in total. The maximum Gasteiger partial charge on any atom is 0.280 e. The summed E-state index contributed by atoms with van der Waals surface area (Å²) in [7, 11) is 1.49. The Morgan fingerprint density at radius 3 is 2.75 bits per heavy atom. The lowest BCUT2D eigenvalue weighted by Gasteiger charge is -2.08. The summed E-state index contributed by atoms with van der Waals surface area (Å²) in [5, 5.41) is 0.753. The van der Waals surface area contributed by atoms with Gasteiger partial charge in [-0.1, -0.05) is 28.1 Å². The van der Waals surface area contributed by atoms with Crippen LogP contribution in [0.1, 0.15) is 12.1 Å². The maximum absolute atomic E-state index is 12.6. The minimum atomic E-state index is -2.59. The maximum atomic E-state index is 12.6. The summed E-state index contributed by atoms with van der Waals surface area (Å²) in [6.07, 6.45) is -2.59. The molecular formula is C11H8BrF2NO. The zero-order valence-corrected chi connectivity index (χ0v) is 9.96. The number of rotatable bonds is 2.